The largest absolute Gasteiger partial charge is 0.496 e. The van der Waals surface area contributed by atoms with Gasteiger partial charge in [-0.15, -0.1) is 11.8 Å². The van der Waals surface area contributed by atoms with Crippen LogP contribution in [-0.4, -0.2) is 31.6 Å². The summed E-state index contributed by atoms with van der Waals surface area (Å²) in [5, 5.41) is 9.06. The van der Waals surface area contributed by atoms with Gasteiger partial charge in [0.05, 0.1) is 19.1 Å². The fourth-order valence-electron chi connectivity index (χ4n) is 1.28. The van der Waals surface area contributed by atoms with E-state index in [1.807, 2.05) is 6.26 Å². The highest BCUT2D eigenvalue weighted by atomic mass is 32.2. The van der Waals surface area contributed by atoms with Gasteiger partial charge in [-0.1, -0.05) is 0 Å². The summed E-state index contributed by atoms with van der Waals surface area (Å²) in [6, 6.07) is 3.40. The maximum atomic E-state index is 11.1. The molecule has 1 rings (SSSR count). The monoisotopic (exact) mass is 228 g/mol. The molecule has 1 N–H and O–H groups in total. The van der Waals surface area contributed by atoms with Gasteiger partial charge in [0.15, 0.2) is 5.75 Å². The average molecular weight is 228 g/mol. The molecule has 1 aromatic carbocycles. The number of carbonyl (C=O) groups is 1. The lowest BCUT2D eigenvalue weighted by molar-refractivity contribution is 0.0689. The molecule has 1 aromatic rings. The molecule has 0 amide bonds. The van der Waals surface area contributed by atoms with Crippen LogP contribution in [-0.2, 0) is 0 Å². The maximum absolute atomic E-state index is 11.1. The molecule has 0 saturated heterocycles. The van der Waals surface area contributed by atoms with Crippen molar-refractivity contribution in [3.8, 4) is 11.5 Å². The van der Waals surface area contributed by atoms with Gasteiger partial charge in [-0.2, -0.15) is 0 Å². The summed E-state index contributed by atoms with van der Waals surface area (Å²) in [5.41, 5.74) is 0.0619. The molecule has 15 heavy (non-hydrogen) atoms. The Morgan fingerprint density at radius 2 is 2.00 bits per heavy atom. The summed E-state index contributed by atoms with van der Waals surface area (Å²) in [6.07, 6.45) is 1.86. The summed E-state index contributed by atoms with van der Waals surface area (Å²) >= 11 is 1.43. The van der Waals surface area contributed by atoms with Crippen molar-refractivity contribution < 1.29 is 19.4 Å². The Morgan fingerprint density at radius 3 is 2.40 bits per heavy atom. The SMILES string of the molecule is COc1ccc(SC)c(OC)c1C(=O)O. The Hall–Kier alpha value is -1.36. The highest BCUT2D eigenvalue weighted by Gasteiger charge is 2.20. The number of aromatic carboxylic acids is 1. The molecule has 0 aliphatic carbocycles. The van der Waals surface area contributed by atoms with Crippen LogP contribution in [0.15, 0.2) is 17.0 Å². The van der Waals surface area contributed by atoms with Crippen molar-refractivity contribution in [1.29, 1.82) is 0 Å². The van der Waals surface area contributed by atoms with Gasteiger partial charge >= 0.3 is 5.97 Å². The van der Waals surface area contributed by atoms with Gasteiger partial charge < -0.3 is 14.6 Å². The van der Waals surface area contributed by atoms with Crippen LogP contribution >= 0.6 is 11.8 Å². The van der Waals surface area contributed by atoms with E-state index in [1.54, 1.807) is 12.1 Å². The Labute approximate surface area is 92.2 Å². The van der Waals surface area contributed by atoms with E-state index in [9.17, 15) is 4.79 Å². The van der Waals surface area contributed by atoms with Crippen LogP contribution in [0.2, 0.25) is 0 Å². The number of carboxylic acid groups (broad SMARTS) is 1. The van der Waals surface area contributed by atoms with Crippen LogP contribution < -0.4 is 9.47 Å². The van der Waals surface area contributed by atoms with Gasteiger partial charge in [0.1, 0.15) is 11.3 Å². The van der Waals surface area contributed by atoms with Crippen molar-refractivity contribution >= 4 is 17.7 Å². The van der Waals surface area contributed by atoms with Crippen LogP contribution in [0.25, 0.3) is 0 Å². The van der Waals surface area contributed by atoms with Gasteiger partial charge in [0, 0.05) is 0 Å². The lowest BCUT2D eigenvalue weighted by Crippen LogP contribution is -2.04. The molecule has 0 radical (unpaired) electrons. The third-order valence-electron chi connectivity index (χ3n) is 1.94. The summed E-state index contributed by atoms with van der Waals surface area (Å²) in [7, 11) is 2.88. The molecule has 0 saturated carbocycles. The Bertz CT molecular complexity index is 376. The van der Waals surface area contributed by atoms with Crippen molar-refractivity contribution in [3.63, 3.8) is 0 Å². The highest BCUT2D eigenvalue weighted by Crippen LogP contribution is 2.36. The zero-order valence-corrected chi connectivity index (χ0v) is 9.55. The van der Waals surface area contributed by atoms with Gasteiger partial charge in [0.2, 0.25) is 0 Å². The van der Waals surface area contributed by atoms with Gasteiger partial charge in [-0.25, -0.2) is 4.79 Å². The Kier molecular flexibility index (Phi) is 3.85. The zero-order chi connectivity index (χ0) is 11.4. The van der Waals surface area contributed by atoms with Crippen LogP contribution in [0.3, 0.4) is 0 Å². The first-order valence-electron chi connectivity index (χ1n) is 4.18. The number of carboxylic acids is 1. The van der Waals surface area contributed by atoms with Crippen molar-refractivity contribution in [1.82, 2.24) is 0 Å². The zero-order valence-electron chi connectivity index (χ0n) is 8.73. The smallest absolute Gasteiger partial charge is 0.343 e. The molecule has 5 heteroatoms. The molecule has 0 aliphatic rings. The molecular formula is C10H12O4S. The van der Waals surface area contributed by atoms with Crippen molar-refractivity contribution in [2.24, 2.45) is 0 Å². The molecular weight excluding hydrogens is 216 g/mol. The molecule has 0 atom stereocenters. The number of rotatable bonds is 4. The summed E-state index contributed by atoms with van der Waals surface area (Å²) < 4.78 is 10.1. The minimum absolute atomic E-state index is 0.0619. The number of methoxy groups -OCH3 is 2. The van der Waals surface area contributed by atoms with Crippen molar-refractivity contribution in [2.75, 3.05) is 20.5 Å². The quantitative estimate of drug-likeness (QED) is 0.800. The van der Waals surface area contributed by atoms with E-state index in [2.05, 4.69) is 0 Å². The number of thioether (sulfide) groups is 1. The van der Waals surface area contributed by atoms with E-state index < -0.39 is 5.97 Å². The lowest BCUT2D eigenvalue weighted by Gasteiger charge is -2.12. The first kappa shape index (κ1) is 11.7. The molecule has 0 bridgehead atoms. The predicted octanol–water partition coefficient (Wildman–Crippen LogP) is 2.12. The Balaban J connectivity index is 3.44. The topological polar surface area (TPSA) is 55.8 Å². The first-order valence-corrected chi connectivity index (χ1v) is 5.40. The van der Waals surface area contributed by atoms with Crippen LogP contribution in [0.1, 0.15) is 10.4 Å². The van der Waals surface area contributed by atoms with Crippen LogP contribution in [0, 0.1) is 0 Å². The van der Waals surface area contributed by atoms with Gasteiger partial charge in [-0.05, 0) is 18.4 Å². The number of hydrogen-bond acceptors (Lipinski definition) is 4. The third kappa shape index (κ3) is 2.18. The van der Waals surface area contributed by atoms with E-state index in [-0.39, 0.29) is 5.56 Å². The first-order chi connectivity index (χ1) is 7.15. The minimum atomic E-state index is -1.06. The van der Waals surface area contributed by atoms with E-state index >= 15 is 0 Å². The average Bonchev–Trinajstić information content (AvgIpc) is 2.26. The van der Waals surface area contributed by atoms with Crippen molar-refractivity contribution in [3.05, 3.63) is 17.7 Å². The number of hydrogen-bond donors (Lipinski definition) is 1. The molecule has 0 aromatic heterocycles. The molecule has 4 nitrogen and oxygen atoms in total. The van der Waals surface area contributed by atoms with Gasteiger partial charge in [0.25, 0.3) is 0 Å². The molecule has 0 unspecified atom stereocenters. The normalized spacial score (nSPS) is 9.80. The van der Waals surface area contributed by atoms with E-state index in [1.165, 1.54) is 26.0 Å². The fourth-order valence-corrected chi connectivity index (χ4v) is 1.86. The highest BCUT2D eigenvalue weighted by molar-refractivity contribution is 7.98. The fraction of sp³-hybridized carbons (Fsp3) is 0.300. The lowest BCUT2D eigenvalue weighted by atomic mass is 10.2. The number of ether oxygens (including phenoxy) is 2. The van der Waals surface area contributed by atoms with Crippen molar-refractivity contribution in [2.45, 2.75) is 4.90 Å². The van der Waals surface area contributed by atoms with E-state index in [0.717, 1.165) is 4.90 Å². The summed E-state index contributed by atoms with van der Waals surface area (Å²) in [4.78, 5) is 11.8. The van der Waals surface area contributed by atoms with Gasteiger partial charge in [-0.3, -0.25) is 0 Å². The standard InChI is InChI=1S/C10H12O4S/c1-13-6-4-5-7(15-3)9(14-2)8(6)10(11)12/h4-5H,1-3H3,(H,11,12). The van der Waals surface area contributed by atoms with E-state index in [4.69, 9.17) is 14.6 Å². The summed E-state index contributed by atoms with van der Waals surface area (Å²) in [6.45, 7) is 0. The predicted molar refractivity (Wildman–Crippen MR) is 58.3 cm³/mol. The van der Waals surface area contributed by atoms with Crippen LogP contribution in [0.4, 0.5) is 0 Å². The molecule has 0 aliphatic heterocycles. The molecule has 0 heterocycles. The minimum Gasteiger partial charge on any atom is -0.496 e. The second-order valence-electron chi connectivity index (χ2n) is 2.68. The van der Waals surface area contributed by atoms with Crippen LogP contribution in [0.5, 0.6) is 11.5 Å². The Morgan fingerprint density at radius 1 is 1.33 bits per heavy atom. The maximum Gasteiger partial charge on any atom is 0.343 e. The molecule has 0 spiro atoms. The molecule has 82 valence electrons. The van der Waals surface area contributed by atoms with E-state index in [0.29, 0.717) is 11.5 Å². The summed E-state index contributed by atoms with van der Waals surface area (Å²) in [5.74, 6) is -0.411. The molecule has 0 fully saturated rings. The number of benzene rings is 1. The second-order valence-corrected chi connectivity index (χ2v) is 3.53. The second kappa shape index (κ2) is 4.93. The third-order valence-corrected chi connectivity index (χ3v) is 2.70.